The highest BCUT2D eigenvalue weighted by molar-refractivity contribution is 5.94. The quantitative estimate of drug-likeness (QED) is 0.559. The molecule has 3 aromatic rings. The number of likely N-dealkylation sites (N-methyl/N-ethyl adjacent to an activating group) is 1. The van der Waals surface area contributed by atoms with Crippen molar-refractivity contribution in [1.29, 1.82) is 0 Å². The third kappa shape index (κ3) is 3.29. The van der Waals surface area contributed by atoms with Crippen LogP contribution in [-0.4, -0.2) is 36.0 Å². The summed E-state index contributed by atoms with van der Waals surface area (Å²) in [6.07, 6.45) is 4.33. The van der Waals surface area contributed by atoms with Crippen molar-refractivity contribution in [2.24, 2.45) is 0 Å². The van der Waals surface area contributed by atoms with Crippen LogP contribution in [0.4, 0.5) is 0 Å². The molecule has 0 unspecified atom stereocenters. The summed E-state index contributed by atoms with van der Waals surface area (Å²) in [5.41, 5.74) is 2.10. The number of nitrogens with zero attached hydrogens (tertiary/aromatic N) is 1. The first-order valence-electron chi connectivity index (χ1n) is 7.72. The number of hydrogen-bond donors (Lipinski definition) is 1. The van der Waals surface area contributed by atoms with E-state index in [9.17, 15) is 4.79 Å². The fourth-order valence-electron chi connectivity index (χ4n) is 2.52. The van der Waals surface area contributed by atoms with Crippen molar-refractivity contribution in [3.8, 4) is 5.75 Å². The number of hydrogen-bond acceptors (Lipinski definition) is 4. The number of aromatic nitrogens is 1. The number of esters is 1. The number of aromatic amines is 1. The van der Waals surface area contributed by atoms with Gasteiger partial charge >= 0.3 is 5.97 Å². The van der Waals surface area contributed by atoms with E-state index in [1.807, 2.05) is 24.4 Å². The number of nitrogens with one attached hydrogen (secondary N) is 1. The molecule has 0 amide bonds. The minimum Gasteiger partial charge on any atom is -0.457 e. The molecule has 0 saturated carbocycles. The van der Waals surface area contributed by atoms with Crippen molar-refractivity contribution in [3.05, 3.63) is 54.1 Å². The number of H-pyrrole nitrogens is 1. The first-order chi connectivity index (χ1) is 11.2. The smallest absolute Gasteiger partial charge is 0.379 e. The summed E-state index contributed by atoms with van der Waals surface area (Å²) in [6.45, 7) is 4.08. The van der Waals surface area contributed by atoms with Crippen LogP contribution in [0.25, 0.3) is 10.9 Å². The summed E-state index contributed by atoms with van der Waals surface area (Å²) in [5, 5.41) is 0.955. The average molecular weight is 312 g/mol. The lowest BCUT2D eigenvalue weighted by Gasteiger charge is -2.13. The van der Waals surface area contributed by atoms with Gasteiger partial charge in [-0.25, -0.2) is 4.79 Å². The van der Waals surface area contributed by atoms with Crippen LogP contribution in [0.3, 0.4) is 0 Å². The molecule has 2 aromatic heterocycles. The predicted molar refractivity (Wildman–Crippen MR) is 88.8 cm³/mol. The molecule has 1 N–H and O–H groups in total. The van der Waals surface area contributed by atoms with Gasteiger partial charge in [0.25, 0.3) is 0 Å². The minimum atomic E-state index is -0.486. The Hall–Kier alpha value is -2.53. The van der Waals surface area contributed by atoms with E-state index in [2.05, 4.69) is 23.9 Å². The Bertz CT molecular complexity index is 790. The van der Waals surface area contributed by atoms with E-state index < -0.39 is 5.97 Å². The molecule has 1 aromatic carbocycles. The summed E-state index contributed by atoms with van der Waals surface area (Å²) in [5.74, 6) is 0.268. The zero-order valence-corrected chi connectivity index (χ0v) is 13.3. The Balaban J connectivity index is 1.87. The summed E-state index contributed by atoms with van der Waals surface area (Å²) in [6, 6.07) is 8.92. The molecule has 0 aliphatic carbocycles. The third-order valence-electron chi connectivity index (χ3n) is 3.98. The Kier molecular flexibility index (Phi) is 4.48. The molecule has 0 fully saturated rings. The first-order valence-corrected chi connectivity index (χ1v) is 7.72. The fourth-order valence-corrected chi connectivity index (χ4v) is 2.52. The van der Waals surface area contributed by atoms with E-state index in [0.29, 0.717) is 5.75 Å². The predicted octanol–water partition coefficient (Wildman–Crippen LogP) is 3.47. The molecule has 120 valence electrons. The fraction of sp³-hybridized carbons (Fsp3) is 0.278. The topological polar surface area (TPSA) is 58.5 Å². The normalized spacial score (nSPS) is 11.3. The van der Waals surface area contributed by atoms with Gasteiger partial charge < -0.3 is 19.0 Å². The second-order valence-electron chi connectivity index (χ2n) is 5.51. The van der Waals surface area contributed by atoms with Crippen LogP contribution in [0, 0.1) is 0 Å². The monoisotopic (exact) mass is 312 g/mol. The molecule has 0 aliphatic rings. The third-order valence-corrected chi connectivity index (χ3v) is 3.98. The molecule has 2 heterocycles. The molecule has 0 bridgehead atoms. The van der Waals surface area contributed by atoms with Crippen LogP contribution in [0.15, 0.2) is 47.2 Å². The van der Waals surface area contributed by atoms with E-state index in [4.69, 9.17) is 9.15 Å². The van der Waals surface area contributed by atoms with Crippen molar-refractivity contribution < 1.29 is 13.9 Å². The number of benzene rings is 1. The Morgan fingerprint density at radius 3 is 2.91 bits per heavy atom. The van der Waals surface area contributed by atoms with E-state index in [1.165, 1.54) is 6.26 Å². The summed E-state index contributed by atoms with van der Waals surface area (Å²) in [4.78, 5) is 17.6. The summed E-state index contributed by atoms with van der Waals surface area (Å²) in [7, 11) is 2.09. The van der Waals surface area contributed by atoms with Gasteiger partial charge in [-0.3, -0.25) is 0 Å². The number of carbonyl (C=O) groups is 1. The summed E-state index contributed by atoms with van der Waals surface area (Å²) < 4.78 is 10.6. The molecule has 0 aliphatic heterocycles. The molecule has 0 saturated heterocycles. The maximum Gasteiger partial charge on any atom is 0.379 e. The van der Waals surface area contributed by atoms with Gasteiger partial charge in [0.2, 0.25) is 5.76 Å². The molecule has 0 atom stereocenters. The van der Waals surface area contributed by atoms with E-state index >= 15 is 0 Å². The summed E-state index contributed by atoms with van der Waals surface area (Å²) >= 11 is 0. The molecule has 0 spiro atoms. The average Bonchev–Trinajstić information content (AvgIpc) is 3.22. The number of furan rings is 1. The van der Waals surface area contributed by atoms with Gasteiger partial charge in [0.05, 0.1) is 6.26 Å². The van der Waals surface area contributed by atoms with Crippen molar-refractivity contribution in [2.75, 3.05) is 20.1 Å². The highest BCUT2D eigenvalue weighted by Gasteiger charge is 2.16. The van der Waals surface area contributed by atoms with Gasteiger partial charge in [0, 0.05) is 23.6 Å². The van der Waals surface area contributed by atoms with E-state index in [0.717, 1.165) is 36.0 Å². The Labute approximate surface area is 134 Å². The Morgan fingerprint density at radius 2 is 2.17 bits per heavy atom. The molecule has 5 heteroatoms. The zero-order chi connectivity index (χ0) is 16.2. The largest absolute Gasteiger partial charge is 0.457 e. The van der Waals surface area contributed by atoms with Crippen molar-refractivity contribution >= 4 is 16.9 Å². The lowest BCUT2D eigenvalue weighted by Crippen LogP contribution is -2.20. The number of ether oxygens (including phenoxy) is 1. The number of carbonyl (C=O) groups excluding carboxylic acids is 1. The van der Waals surface area contributed by atoms with Gasteiger partial charge in [0.1, 0.15) is 5.75 Å². The maximum absolute atomic E-state index is 12.1. The number of fused-ring (bicyclic) bond motifs is 1. The lowest BCUT2D eigenvalue weighted by atomic mass is 10.1. The highest BCUT2D eigenvalue weighted by atomic mass is 16.5. The molecular formula is C18H20N2O3. The molecule has 5 nitrogen and oxygen atoms in total. The second kappa shape index (κ2) is 6.71. The molecular weight excluding hydrogens is 292 g/mol. The minimum absolute atomic E-state index is 0.199. The lowest BCUT2D eigenvalue weighted by molar-refractivity contribution is 0.0704. The SMILES string of the molecule is CCN(C)CCc1c[nH]c2cccc(OC(=O)c3ccco3)c12. The molecule has 3 rings (SSSR count). The first kappa shape index (κ1) is 15.4. The van der Waals surface area contributed by atoms with E-state index in [-0.39, 0.29) is 5.76 Å². The van der Waals surface area contributed by atoms with Gasteiger partial charge in [-0.1, -0.05) is 13.0 Å². The van der Waals surface area contributed by atoms with Crippen LogP contribution in [0.2, 0.25) is 0 Å². The van der Waals surface area contributed by atoms with Gasteiger partial charge in [-0.05, 0) is 49.8 Å². The zero-order valence-electron chi connectivity index (χ0n) is 13.3. The number of rotatable bonds is 6. The van der Waals surface area contributed by atoms with Crippen LogP contribution >= 0.6 is 0 Å². The van der Waals surface area contributed by atoms with Crippen molar-refractivity contribution in [1.82, 2.24) is 9.88 Å². The van der Waals surface area contributed by atoms with Crippen molar-refractivity contribution in [3.63, 3.8) is 0 Å². The Morgan fingerprint density at radius 1 is 1.30 bits per heavy atom. The standard InChI is InChI=1S/C18H20N2O3/c1-3-20(2)10-9-13-12-19-14-6-4-7-15(17(13)14)23-18(21)16-8-5-11-22-16/h4-8,11-12,19H,3,9-10H2,1-2H3. The molecule has 23 heavy (non-hydrogen) atoms. The maximum atomic E-state index is 12.1. The second-order valence-corrected chi connectivity index (χ2v) is 5.51. The van der Waals surface area contributed by atoms with Crippen molar-refractivity contribution in [2.45, 2.75) is 13.3 Å². The van der Waals surface area contributed by atoms with E-state index in [1.54, 1.807) is 12.1 Å². The van der Waals surface area contributed by atoms with Crippen LogP contribution < -0.4 is 4.74 Å². The van der Waals surface area contributed by atoms with Gasteiger partial charge in [-0.15, -0.1) is 0 Å². The van der Waals surface area contributed by atoms with Gasteiger partial charge in [-0.2, -0.15) is 0 Å². The van der Waals surface area contributed by atoms with Crippen LogP contribution in [0.1, 0.15) is 23.0 Å². The molecule has 0 radical (unpaired) electrons. The van der Waals surface area contributed by atoms with Gasteiger partial charge in [0.15, 0.2) is 0 Å². The van der Waals surface area contributed by atoms with Crippen LogP contribution in [0.5, 0.6) is 5.75 Å². The highest BCUT2D eigenvalue weighted by Crippen LogP contribution is 2.30. The van der Waals surface area contributed by atoms with Crippen LogP contribution in [-0.2, 0) is 6.42 Å².